The van der Waals surface area contributed by atoms with E-state index in [9.17, 15) is 0 Å². The Kier molecular flexibility index (Phi) is 7.77. The standard InChI is InChI=1S/C54H39NS/c55-33-32-39(34-46(37-14-2-1-3-15-37)42-23-12-17-36-16-4-5-18-40(36)42)35-28-30-38(31-29-35)41-22-13-26-49-51(41)52-45-21-8-11-27-50(45)56-53(52)54(49)47-24-9-6-19-43(47)44-20-7-10-25-48(44)54/h1-7,9-20,22-32,34H,8,21,33,55H2/b39-32+,46-34-. The Balaban J connectivity index is 1.08. The highest BCUT2D eigenvalue weighted by atomic mass is 32.1. The van der Waals surface area contributed by atoms with Crippen molar-refractivity contribution in [3.63, 3.8) is 0 Å². The molecule has 266 valence electrons. The molecule has 0 atom stereocenters. The van der Waals surface area contributed by atoms with Gasteiger partial charge in [-0.25, -0.2) is 0 Å². The minimum Gasteiger partial charge on any atom is -0.327 e. The number of rotatable bonds is 6. The number of hydrogen-bond acceptors (Lipinski definition) is 2. The molecule has 8 aromatic rings. The SMILES string of the molecule is NC/C=C(\C=C(\c1ccccc1)c1cccc2ccccc12)c1ccc(-c2cccc3c2-c2c(sc4c2CCC=C4)C32c3ccccc3-c3ccccc32)cc1. The van der Waals surface area contributed by atoms with Crippen molar-refractivity contribution in [3.8, 4) is 33.4 Å². The highest BCUT2D eigenvalue weighted by molar-refractivity contribution is 7.14. The Morgan fingerprint density at radius 1 is 0.607 bits per heavy atom. The van der Waals surface area contributed by atoms with E-state index in [0.717, 1.165) is 24.0 Å². The summed E-state index contributed by atoms with van der Waals surface area (Å²) in [4.78, 5) is 2.90. The zero-order valence-electron chi connectivity index (χ0n) is 31.0. The van der Waals surface area contributed by atoms with E-state index in [1.54, 1.807) is 0 Å². The topological polar surface area (TPSA) is 26.0 Å². The van der Waals surface area contributed by atoms with Crippen LogP contribution in [0.3, 0.4) is 0 Å². The lowest BCUT2D eigenvalue weighted by atomic mass is 9.73. The van der Waals surface area contributed by atoms with Gasteiger partial charge in [-0.3, -0.25) is 0 Å². The zero-order chi connectivity index (χ0) is 37.2. The molecular formula is C54H39NS. The predicted octanol–water partition coefficient (Wildman–Crippen LogP) is 13.3. The van der Waals surface area contributed by atoms with Crippen molar-refractivity contribution in [1.29, 1.82) is 0 Å². The van der Waals surface area contributed by atoms with Crippen LogP contribution in [0.25, 0.3) is 61.4 Å². The van der Waals surface area contributed by atoms with E-state index in [2.05, 4.69) is 188 Å². The van der Waals surface area contributed by atoms with Gasteiger partial charge < -0.3 is 5.73 Å². The van der Waals surface area contributed by atoms with Crippen LogP contribution in [0.1, 0.15) is 55.1 Å². The Hall–Kier alpha value is -6.32. The van der Waals surface area contributed by atoms with Gasteiger partial charge in [0, 0.05) is 21.9 Å². The average molecular weight is 734 g/mol. The Bertz CT molecular complexity index is 2890. The molecule has 1 aromatic heterocycles. The third-order valence-electron chi connectivity index (χ3n) is 12.2. The smallest absolute Gasteiger partial charge is 0.0819 e. The van der Waals surface area contributed by atoms with Gasteiger partial charge in [0.1, 0.15) is 0 Å². The van der Waals surface area contributed by atoms with Crippen LogP contribution < -0.4 is 5.73 Å². The third-order valence-corrected chi connectivity index (χ3v) is 13.5. The maximum absolute atomic E-state index is 6.30. The molecular weight excluding hydrogens is 695 g/mol. The molecule has 0 fully saturated rings. The molecule has 0 unspecified atom stereocenters. The molecule has 3 aliphatic carbocycles. The molecule has 0 aliphatic heterocycles. The molecule has 0 saturated carbocycles. The molecule has 7 aromatic carbocycles. The quantitative estimate of drug-likeness (QED) is 0.169. The molecule has 1 heterocycles. The van der Waals surface area contributed by atoms with Gasteiger partial charge in [0.05, 0.1) is 5.41 Å². The van der Waals surface area contributed by atoms with Crippen molar-refractivity contribution >= 4 is 39.3 Å². The molecule has 1 spiro atoms. The Morgan fingerprint density at radius 2 is 1.27 bits per heavy atom. The van der Waals surface area contributed by atoms with Gasteiger partial charge in [0.15, 0.2) is 0 Å². The average Bonchev–Trinajstić information content (AvgIpc) is 3.89. The summed E-state index contributed by atoms with van der Waals surface area (Å²) in [5, 5.41) is 2.47. The maximum atomic E-state index is 6.30. The van der Waals surface area contributed by atoms with E-state index in [0.29, 0.717) is 6.54 Å². The Morgan fingerprint density at radius 3 is 2.05 bits per heavy atom. The van der Waals surface area contributed by atoms with Crippen LogP contribution in [-0.2, 0) is 11.8 Å². The van der Waals surface area contributed by atoms with Crippen LogP contribution in [0.2, 0.25) is 0 Å². The predicted molar refractivity (Wildman–Crippen MR) is 238 cm³/mol. The van der Waals surface area contributed by atoms with Crippen molar-refractivity contribution < 1.29 is 0 Å². The first kappa shape index (κ1) is 33.1. The molecule has 3 aliphatic rings. The second kappa shape index (κ2) is 13.2. The number of thiophene rings is 1. The van der Waals surface area contributed by atoms with E-state index >= 15 is 0 Å². The van der Waals surface area contributed by atoms with Crippen LogP contribution in [0.15, 0.2) is 182 Å². The number of hydrogen-bond donors (Lipinski definition) is 1. The molecule has 2 N–H and O–H groups in total. The van der Waals surface area contributed by atoms with Crippen molar-refractivity contribution in [1.82, 2.24) is 0 Å². The minimum absolute atomic E-state index is 0.332. The van der Waals surface area contributed by atoms with Gasteiger partial charge >= 0.3 is 0 Å². The van der Waals surface area contributed by atoms with Crippen molar-refractivity contribution in [2.24, 2.45) is 5.73 Å². The van der Waals surface area contributed by atoms with Crippen LogP contribution >= 0.6 is 11.3 Å². The summed E-state index contributed by atoms with van der Waals surface area (Å²) in [6.07, 6.45) is 11.4. The minimum atomic E-state index is -0.332. The molecule has 0 amide bonds. The second-order valence-corrected chi connectivity index (χ2v) is 16.1. The molecule has 2 heteroatoms. The summed E-state index contributed by atoms with van der Waals surface area (Å²) in [6, 6.07) is 60.5. The molecule has 0 radical (unpaired) electrons. The highest BCUT2D eigenvalue weighted by Gasteiger charge is 2.54. The lowest BCUT2D eigenvalue weighted by molar-refractivity contribution is 0.811. The maximum Gasteiger partial charge on any atom is 0.0819 e. The first-order chi connectivity index (χ1) is 27.8. The number of benzene rings is 7. The number of fused-ring (bicyclic) bond motifs is 13. The summed E-state index contributed by atoms with van der Waals surface area (Å²) >= 11 is 2.01. The first-order valence-electron chi connectivity index (χ1n) is 19.7. The van der Waals surface area contributed by atoms with E-state index in [1.807, 2.05) is 11.3 Å². The highest BCUT2D eigenvalue weighted by Crippen LogP contribution is 2.67. The van der Waals surface area contributed by atoms with E-state index in [1.165, 1.54) is 92.9 Å². The van der Waals surface area contributed by atoms with Crippen LogP contribution in [0.5, 0.6) is 0 Å². The van der Waals surface area contributed by atoms with Gasteiger partial charge in [0.25, 0.3) is 0 Å². The molecule has 1 nitrogen and oxygen atoms in total. The summed E-state index contributed by atoms with van der Waals surface area (Å²) in [5.41, 5.74) is 25.6. The van der Waals surface area contributed by atoms with Crippen LogP contribution in [-0.4, -0.2) is 6.54 Å². The van der Waals surface area contributed by atoms with Gasteiger partial charge in [-0.05, 0) is 114 Å². The van der Waals surface area contributed by atoms with Crippen molar-refractivity contribution in [2.75, 3.05) is 6.54 Å². The van der Waals surface area contributed by atoms with Crippen molar-refractivity contribution in [2.45, 2.75) is 18.3 Å². The van der Waals surface area contributed by atoms with E-state index in [-0.39, 0.29) is 5.41 Å². The lowest BCUT2D eigenvalue weighted by Gasteiger charge is -2.29. The number of allylic oxidation sites excluding steroid dienone is 3. The fraction of sp³-hybridized carbons (Fsp3) is 0.0741. The fourth-order valence-corrected chi connectivity index (χ4v) is 11.4. The Labute approximate surface area is 332 Å². The normalized spacial score (nSPS) is 14.7. The number of nitrogens with two attached hydrogens (primary N) is 1. The molecule has 0 saturated heterocycles. The van der Waals surface area contributed by atoms with Gasteiger partial charge in [-0.15, -0.1) is 11.3 Å². The van der Waals surface area contributed by atoms with Gasteiger partial charge in [-0.1, -0.05) is 176 Å². The largest absolute Gasteiger partial charge is 0.327 e. The summed E-state index contributed by atoms with van der Waals surface area (Å²) in [6.45, 7) is 0.447. The van der Waals surface area contributed by atoms with Gasteiger partial charge in [0.2, 0.25) is 0 Å². The second-order valence-electron chi connectivity index (χ2n) is 15.1. The van der Waals surface area contributed by atoms with E-state index in [4.69, 9.17) is 5.73 Å². The molecule has 56 heavy (non-hydrogen) atoms. The summed E-state index contributed by atoms with van der Waals surface area (Å²) in [5.74, 6) is 0. The third kappa shape index (κ3) is 4.83. The first-order valence-corrected chi connectivity index (χ1v) is 20.5. The fourth-order valence-electron chi connectivity index (χ4n) is 9.86. The molecule has 11 rings (SSSR count). The monoisotopic (exact) mass is 733 g/mol. The lowest BCUT2D eigenvalue weighted by Crippen LogP contribution is -2.24. The van der Waals surface area contributed by atoms with E-state index < -0.39 is 0 Å². The summed E-state index contributed by atoms with van der Waals surface area (Å²) in [7, 11) is 0. The zero-order valence-corrected chi connectivity index (χ0v) is 31.8. The van der Waals surface area contributed by atoms with Crippen molar-refractivity contribution in [3.05, 3.63) is 231 Å². The van der Waals surface area contributed by atoms with Gasteiger partial charge in [-0.2, -0.15) is 0 Å². The summed E-state index contributed by atoms with van der Waals surface area (Å²) < 4.78 is 0. The van der Waals surface area contributed by atoms with Crippen LogP contribution in [0, 0.1) is 0 Å². The molecule has 0 bridgehead atoms. The van der Waals surface area contributed by atoms with Crippen LogP contribution in [0.4, 0.5) is 0 Å².